The van der Waals surface area contributed by atoms with Crippen molar-refractivity contribution in [2.45, 2.75) is 17.7 Å². The third-order valence-electron chi connectivity index (χ3n) is 3.57. The number of halogens is 1. The van der Waals surface area contributed by atoms with E-state index in [-0.39, 0.29) is 11.4 Å². The van der Waals surface area contributed by atoms with E-state index >= 15 is 0 Å². The van der Waals surface area contributed by atoms with Crippen molar-refractivity contribution in [1.29, 1.82) is 0 Å². The van der Waals surface area contributed by atoms with Gasteiger partial charge in [0.15, 0.2) is 0 Å². The zero-order valence-corrected chi connectivity index (χ0v) is 14.1. The van der Waals surface area contributed by atoms with Gasteiger partial charge in [-0.1, -0.05) is 29.8 Å². The molecule has 0 saturated carbocycles. The van der Waals surface area contributed by atoms with E-state index in [0.717, 1.165) is 5.56 Å². The molecule has 0 fully saturated rings. The quantitative estimate of drug-likeness (QED) is 0.811. The van der Waals surface area contributed by atoms with Crippen LogP contribution in [0.25, 0.3) is 0 Å². The van der Waals surface area contributed by atoms with Gasteiger partial charge in [-0.15, -0.1) is 0 Å². The van der Waals surface area contributed by atoms with Crippen LogP contribution < -0.4 is 4.72 Å². The van der Waals surface area contributed by atoms with Crippen molar-refractivity contribution >= 4 is 16.0 Å². The van der Waals surface area contributed by atoms with E-state index in [9.17, 15) is 17.6 Å². The van der Waals surface area contributed by atoms with Crippen LogP contribution in [0.2, 0.25) is 0 Å². The Bertz CT molecular complexity index is 801. The molecule has 0 aliphatic rings. The number of esters is 1. The molecule has 2 aromatic carbocycles. The Balaban J connectivity index is 2.19. The lowest BCUT2D eigenvalue weighted by atomic mass is 9.99. The van der Waals surface area contributed by atoms with Crippen molar-refractivity contribution in [1.82, 2.24) is 4.72 Å². The maximum Gasteiger partial charge on any atom is 0.314 e. The monoisotopic (exact) mass is 351 g/mol. The molecule has 1 atom stereocenters. The van der Waals surface area contributed by atoms with Crippen molar-refractivity contribution in [3.8, 4) is 0 Å². The molecule has 0 aliphatic heterocycles. The molecule has 24 heavy (non-hydrogen) atoms. The summed E-state index contributed by atoms with van der Waals surface area (Å²) in [6.07, 6.45) is 0. The highest BCUT2D eigenvalue weighted by atomic mass is 32.2. The van der Waals surface area contributed by atoms with Crippen LogP contribution in [-0.4, -0.2) is 28.0 Å². The molecule has 0 aromatic heterocycles. The van der Waals surface area contributed by atoms with Gasteiger partial charge in [0.05, 0.1) is 17.9 Å². The normalized spacial score (nSPS) is 12.6. The summed E-state index contributed by atoms with van der Waals surface area (Å²) in [7, 11) is -2.55. The first-order chi connectivity index (χ1) is 11.3. The van der Waals surface area contributed by atoms with Gasteiger partial charge in [-0.25, -0.2) is 17.5 Å². The first kappa shape index (κ1) is 18.1. The number of sulfonamides is 1. The van der Waals surface area contributed by atoms with Crippen molar-refractivity contribution in [2.75, 3.05) is 13.7 Å². The smallest absolute Gasteiger partial charge is 0.314 e. The molecular weight excluding hydrogens is 333 g/mol. The highest BCUT2D eigenvalue weighted by Crippen LogP contribution is 2.19. The summed E-state index contributed by atoms with van der Waals surface area (Å²) in [6.45, 7) is 1.67. The van der Waals surface area contributed by atoms with E-state index < -0.39 is 27.7 Å². The lowest BCUT2D eigenvalue weighted by Gasteiger charge is -2.16. The van der Waals surface area contributed by atoms with E-state index in [2.05, 4.69) is 4.72 Å². The lowest BCUT2D eigenvalue weighted by molar-refractivity contribution is -0.142. The van der Waals surface area contributed by atoms with Gasteiger partial charge >= 0.3 is 5.97 Å². The minimum Gasteiger partial charge on any atom is -0.469 e. The largest absolute Gasteiger partial charge is 0.469 e. The minimum atomic E-state index is -3.76. The van der Waals surface area contributed by atoms with Gasteiger partial charge in [0.2, 0.25) is 10.0 Å². The Morgan fingerprint density at radius 3 is 2.25 bits per heavy atom. The molecule has 1 N–H and O–H groups in total. The van der Waals surface area contributed by atoms with Crippen molar-refractivity contribution < 1.29 is 22.3 Å². The average Bonchev–Trinajstić information content (AvgIpc) is 2.56. The van der Waals surface area contributed by atoms with Gasteiger partial charge < -0.3 is 4.74 Å². The molecule has 0 unspecified atom stereocenters. The number of methoxy groups -OCH3 is 1. The maximum atomic E-state index is 13.0. The zero-order valence-electron chi connectivity index (χ0n) is 13.3. The number of hydrogen-bond donors (Lipinski definition) is 1. The Labute approximate surface area is 140 Å². The molecule has 0 spiro atoms. The van der Waals surface area contributed by atoms with Crippen LogP contribution >= 0.6 is 0 Å². The first-order valence-electron chi connectivity index (χ1n) is 7.23. The summed E-state index contributed by atoms with van der Waals surface area (Å²) in [6, 6.07) is 11.6. The number of hydrogen-bond acceptors (Lipinski definition) is 4. The van der Waals surface area contributed by atoms with Gasteiger partial charge in [-0.2, -0.15) is 0 Å². The number of aryl methyl sites for hydroxylation is 1. The number of rotatable bonds is 6. The van der Waals surface area contributed by atoms with Crippen LogP contribution in [-0.2, 0) is 19.6 Å². The van der Waals surface area contributed by atoms with Gasteiger partial charge in [-0.05, 0) is 36.8 Å². The molecule has 0 radical (unpaired) electrons. The van der Waals surface area contributed by atoms with Crippen LogP contribution in [0.5, 0.6) is 0 Å². The van der Waals surface area contributed by atoms with Gasteiger partial charge in [-0.3, -0.25) is 4.79 Å². The zero-order chi connectivity index (χ0) is 17.7. The minimum absolute atomic E-state index is 0.107. The summed E-state index contributed by atoms with van der Waals surface area (Å²) in [5.74, 6) is -1.91. The second-order valence-corrected chi connectivity index (χ2v) is 7.06. The van der Waals surface area contributed by atoms with E-state index in [0.29, 0.717) is 5.56 Å². The third kappa shape index (κ3) is 4.39. The Hall–Kier alpha value is -2.25. The van der Waals surface area contributed by atoms with E-state index in [1.807, 2.05) is 6.92 Å². The van der Waals surface area contributed by atoms with Gasteiger partial charge in [0, 0.05) is 6.54 Å². The summed E-state index contributed by atoms with van der Waals surface area (Å²) >= 11 is 0. The first-order valence-corrected chi connectivity index (χ1v) is 8.71. The van der Waals surface area contributed by atoms with Gasteiger partial charge in [0.1, 0.15) is 5.82 Å². The Morgan fingerprint density at radius 2 is 1.71 bits per heavy atom. The lowest BCUT2D eigenvalue weighted by Crippen LogP contribution is -2.32. The molecule has 0 saturated heterocycles. The van der Waals surface area contributed by atoms with Crippen LogP contribution in [0.15, 0.2) is 53.4 Å². The Kier molecular flexibility index (Phi) is 5.69. The third-order valence-corrected chi connectivity index (χ3v) is 5.01. The summed E-state index contributed by atoms with van der Waals surface area (Å²) in [4.78, 5) is 12.1. The summed E-state index contributed by atoms with van der Waals surface area (Å²) in [5.41, 5.74) is 1.41. The summed E-state index contributed by atoms with van der Waals surface area (Å²) < 4.78 is 44.8. The average molecular weight is 351 g/mol. The number of benzene rings is 2. The maximum absolute atomic E-state index is 13.0. The topological polar surface area (TPSA) is 72.5 Å². The molecule has 128 valence electrons. The molecule has 2 rings (SSSR count). The Morgan fingerprint density at radius 1 is 1.12 bits per heavy atom. The van der Waals surface area contributed by atoms with Crippen molar-refractivity contribution in [2.24, 2.45) is 0 Å². The molecule has 5 nitrogen and oxygen atoms in total. The predicted octanol–water partition coefficient (Wildman–Crippen LogP) is 2.37. The second-order valence-electron chi connectivity index (χ2n) is 5.29. The fourth-order valence-corrected chi connectivity index (χ4v) is 3.22. The number of ether oxygens (including phenoxy) is 1. The standard InChI is InChI=1S/C17H18FNO4S/c1-12-3-9-15(10-4-12)24(21,22)19-11-16(17(20)23-2)13-5-7-14(18)8-6-13/h3-10,16,19H,11H2,1-2H3/t16-/m0/s1. The molecule has 2 aromatic rings. The number of carbonyl (C=O) groups excluding carboxylic acids is 1. The molecular formula is C17H18FNO4S. The fourth-order valence-electron chi connectivity index (χ4n) is 2.17. The van der Waals surface area contributed by atoms with E-state index in [1.54, 1.807) is 12.1 Å². The molecule has 0 aliphatic carbocycles. The second kappa shape index (κ2) is 7.55. The van der Waals surface area contributed by atoms with Gasteiger partial charge in [0.25, 0.3) is 0 Å². The van der Waals surface area contributed by atoms with Crippen LogP contribution in [0.4, 0.5) is 4.39 Å². The molecule has 0 heterocycles. The highest BCUT2D eigenvalue weighted by molar-refractivity contribution is 7.89. The van der Waals surface area contributed by atoms with E-state index in [1.165, 1.54) is 43.5 Å². The van der Waals surface area contributed by atoms with Crippen LogP contribution in [0, 0.1) is 12.7 Å². The SMILES string of the molecule is COC(=O)[C@@H](CNS(=O)(=O)c1ccc(C)cc1)c1ccc(F)cc1. The van der Waals surface area contributed by atoms with Crippen molar-refractivity contribution in [3.63, 3.8) is 0 Å². The molecule has 7 heteroatoms. The van der Waals surface area contributed by atoms with Crippen molar-refractivity contribution in [3.05, 3.63) is 65.5 Å². The predicted molar refractivity (Wildman–Crippen MR) is 87.5 cm³/mol. The molecule has 0 bridgehead atoms. The summed E-state index contributed by atoms with van der Waals surface area (Å²) in [5, 5.41) is 0. The van der Waals surface area contributed by atoms with Crippen LogP contribution in [0.3, 0.4) is 0 Å². The number of nitrogens with one attached hydrogen (secondary N) is 1. The van der Waals surface area contributed by atoms with E-state index in [4.69, 9.17) is 4.74 Å². The molecule has 0 amide bonds. The number of carbonyl (C=O) groups is 1. The van der Waals surface area contributed by atoms with Crippen LogP contribution in [0.1, 0.15) is 17.0 Å². The fraction of sp³-hybridized carbons (Fsp3) is 0.235. The highest BCUT2D eigenvalue weighted by Gasteiger charge is 2.24.